The van der Waals surface area contributed by atoms with Crippen LogP contribution in [0.3, 0.4) is 0 Å². The summed E-state index contributed by atoms with van der Waals surface area (Å²) in [5.74, 6) is 0. The van der Waals surface area contributed by atoms with Crippen molar-refractivity contribution in [3.63, 3.8) is 0 Å². The second kappa shape index (κ2) is 6.70. The first-order valence-corrected chi connectivity index (χ1v) is 8.60. The highest BCUT2D eigenvalue weighted by molar-refractivity contribution is 7.89. The van der Waals surface area contributed by atoms with Gasteiger partial charge in [0, 0.05) is 5.54 Å². The maximum Gasteiger partial charge on any atom is 0.241 e. The summed E-state index contributed by atoms with van der Waals surface area (Å²) in [6.07, 6.45) is 1.55. The van der Waals surface area contributed by atoms with Gasteiger partial charge >= 0.3 is 0 Å². The molecule has 1 aromatic carbocycles. The zero-order valence-electron chi connectivity index (χ0n) is 12.7. The topological polar surface area (TPSA) is 66.4 Å². The summed E-state index contributed by atoms with van der Waals surface area (Å²) in [4.78, 5) is 0.204. The minimum atomic E-state index is -3.57. The third-order valence-electron chi connectivity index (χ3n) is 4.03. The standard InChI is InChI=1S/C15H25NO3S/c1-5-15(6-2,7-3)16-20(18,19)14-10-8-9-13(11-14)12(4)17/h8-12,16-17H,5-7H2,1-4H3. The Bertz CT molecular complexity index is 526. The molecule has 1 rings (SSSR count). The molecule has 0 bridgehead atoms. The molecule has 4 nitrogen and oxygen atoms in total. The van der Waals surface area contributed by atoms with E-state index in [1.165, 1.54) is 6.07 Å². The van der Waals surface area contributed by atoms with E-state index in [4.69, 9.17) is 0 Å². The zero-order valence-corrected chi connectivity index (χ0v) is 13.5. The number of aliphatic hydroxyl groups is 1. The Hall–Kier alpha value is -0.910. The van der Waals surface area contributed by atoms with Gasteiger partial charge in [0.05, 0.1) is 11.0 Å². The first-order chi connectivity index (χ1) is 9.30. The molecule has 20 heavy (non-hydrogen) atoms. The van der Waals surface area contributed by atoms with Crippen LogP contribution >= 0.6 is 0 Å². The van der Waals surface area contributed by atoms with Gasteiger partial charge in [-0.2, -0.15) is 0 Å². The van der Waals surface area contributed by atoms with E-state index < -0.39 is 21.7 Å². The van der Waals surface area contributed by atoms with Crippen molar-refractivity contribution in [3.8, 4) is 0 Å². The average molecular weight is 299 g/mol. The van der Waals surface area contributed by atoms with Crippen molar-refractivity contribution in [1.29, 1.82) is 0 Å². The number of hydrogen-bond acceptors (Lipinski definition) is 3. The quantitative estimate of drug-likeness (QED) is 0.813. The van der Waals surface area contributed by atoms with E-state index in [9.17, 15) is 13.5 Å². The Morgan fingerprint density at radius 3 is 2.20 bits per heavy atom. The van der Waals surface area contributed by atoms with Crippen molar-refractivity contribution in [3.05, 3.63) is 29.8 Å². The molecule has 0 aromatic heterocycles. The van der Waals surface area contributed by atoms with Gasteiger partial charge in [0.15, 0.2) is 0 Å². The van der Waals surface area contributed by atoms with Gasteiger partial charge in [-0.15, -0.1) is 0 Å². The Kier molecular flexibility index (Phi) is 5.74. The van der Waals surface area contributed by atoms with E-state index in [0.717, 1.165) is 19.3 Å². The molecule has 5 heteroatoms. The van der Waals surface area contributed by atoms with Crippen molar-refractivity contribution in [2.75, 3.05) is 0 Å². The summed E-state index contributed by atoms with van der Waals surface area (Å²) in [6, 6.07) is 6.46. The molecule has 0 saturated carbocycles. The Labute approximate surface area is 122 Å². The predicted molar refractivity (Wildman–Crippen MR) is 81.0 cm³/mol. The van der Waals surface area contributed by atoms with Crippen molar-refractivity contribution < 1.29 is 13.5 Å². The lowest BCUT2D eigenvalue weighted by Gasteiger charge is -2.31. The third kappa shape index (κ3) is 3.81. The maximum absolute atomic E-state index is 12.5. The Balaban J connectivity index is 3.14. The summed E-state index contributed by atoms with van der Waals surface area (Å²) in [5, 5.41) is 9.57. The number of hydrogen-bond donors (Lipinski definition) is 2. The van der Waals surface area contributed by atoms with Crippen LogP contribution < -0.4 is 4.72 Å². The van der Waals surface area contributed by atoms with E-state index in [-0.39, 0.29) is 4.90 Å². The number of nitrogens with one attached hydrogen (secondary N) is 1. The summed E-state index contributed by atoms with van der Waals surface area (Å²) in [7, 11) is -3.57. The molecule has 0 radical (unpaired) electrons. The van der Waals surface area contributed by atoms with Gasteiger partial charge in [0.25, 0.3) is 0 Å². The van der Waals surface area contributed by atoms with Crippen LogP contribution in [0.4, 0.5) is 0 Å². The SMILES string of the molecule is CCC(CC)(CC)NS(=O)(=O)c1cccc(C(C)O)c1. The molecule has 0 fully saturated rings. The molecule has 114 valence electrons. The lowest BCUT2D eigenvalue weighted by Crippen LogP contribution is -2.46. The monoisotopic (exact) mass is 299 g/mol. The minimum Gasteiger partial charge on any atom is -0.389 e. The molecule has 1 atom stereocenters. The fourth-order valence-electron chi connectivity index (χ4n) is 2.25. The molecule has 0 aliphatic rings. The van der Waals surface area contributed by atoms with Crippen molar-refractivity contribution in [2.24, 2.45) is 0 Å². The van der Waals surface area contributed by atoms with Crippen LogP contribution in [-0.4, -0.2) is 19.1 Å². The summed E-state index contributed by atoms with van der Waals surface area (Å²) in [5.41, 5.74) is 0.197. The van der Waals surface area contributed by atoms with Crippen LogP contribution in [0.25, 0.3) is 0 Å². The van der Waals surface area contributed by atoms with Crippen molar-refractivity contribution in [1.82, 2.24) is 4.72 Å². The normalized spacial score (nSPS) is 14.2. The molecule has 0 spiro atoms. The maximum atomic E-state index is 12.5. The minimum absolute atomic E-state index is 0.204. The predicted octanol–water partition coefficient (Wildman–Crippen LogP) is 2.99. The molecule has 1 aromatic rings. The molecule has 0 aliphatic carbocycles. The average Bonchev–Trinajstić information content (AvgIpc) is 2.45. The smallest absolute Gasteiger partial charge is 0.241 e. The van der Waals surface area contributed by atoms with Gasteiger partial charge in [0.1, 0.15) is 0 Å². The fourth-order valence-corrected chi connectivity index (χ4v) is 3.92. The largest absolute Gasteiger partial charge is 0.389 e. The van der Waals surface area contributed by atoms with Crippen LogP contribution in [0.5, 0.6) is 0 Å². The molecule has 0 amide bonds. The van der Waals surface area contributed by atoms with Gasteiger partial charge in [0.2, 0.25) is 10.0 Å². The van der Waals surface area contributed by atoms with E-state index in [1.54, 1.807) is 25.1 Å². The lowest BCUT2D eigenvalue weighted by molar-refractivity contribution is 0.199. The van der Waals surface area contributed by atoms with Crippen LogP contribution in [-0.2, 0) is 10.0 Å². The second-order valence-electron chi connectivity index (χ2n) is 5.19. The fraction of sp³-hybridized carbons (Fsp3) is 0.600. The van der Waals surface area contributed by atoms with E-state index in [0.29, 0.717) is 5.56 Å². The molecule has 1 unspecified atom stereocenters. The Morgan fingerprint density at radius 1 is 1.20 bits per heavy atom. The summed E-state index contributed by atoms with van der Waals surface area (Å²) < 4.78 is 27.8. The zero-order chi connectivity index (χ0) is 15.4. The number of benzene rings is 1. The second-order valence-corrected chi connectivity index (χ2v) is 6.88. The van der Waals surface area contributed by atoms with E-state index in [1.807, 2.05) is 20.8 Å². The van der Waals surface area contributed by atoms with E-state index >= 15 is 0 Å². The van der Waals surface area contributed by atoms with Gasteiger partial charge < -0.3 is 5.11 Å². The molecular weight excluding hydrogens is 274 g/mol. The van der Waals surface area contributed by atoms with Crippen LogP contribution in [0.2, 0.25) is 0 Å². The number of sulfonamides is 1. The molecule has 0 aliphatic heterocycles. The van der Waals surface area contributed by atoms with Crippen LogP contribution in [0.15, 0.2) is 29.2 Å². The number of rotatable bonds is 7. The van der Waals surface area contributed by atoms with Crippen LogP contribution in [0.1, 0.15) is 58.6 Å². The first-order valence-electron chi connectivity index (χ1n) is 7.12. The summed E-state index contributed by atoms with van der Waals surface area (Å²) >= 11 is 0. The van der Waals surface area contributed by atoms with Crippen LogP contribution in [0, 0.1) is 0 Å². The highest BCUT2D eigenvalue weighted by Crippen LogP contribution is 2.24. The van der Waals surface area contributed by atoms with Crippen molar-refractivity contribution >= 4 is 10.0 Å². The lowest BCUT2D eigenvalue weighted by atomic mass is 9.91. The molecule has 2 N–H and O–H groups in total. The van der Waals surface area contributed by atoms with E-state index in [2.05, 4.69) is 4.72 Å². The van der Waals surface area contributed by atoms with Gasteiger partial charge in [-0.1, -0.05) is 32.9 Å². The number of aliphatic hydroxyl groups excluding tert-OH is 1. The van der Waals surface area contributed by atoms with Gasteiger partial charge in [-0.3, -0.25) is 0 Å². The molecule has 0 heterocycles. The third-order valence-corrected chi connectivity index (χ3v) is 5.61. The Morgan fingerprint density at radius 2 is 1.75 bits per heavy atom. The van der Waals surface area contributed by atoms with Gasteiger partial charge in [-0.25, -0.2) is 13.1 Å². The van der Waals surface area contributed by atoms with Crippen molar-refractivity contribution in [2.45, 2.75) is 63.5 Å². The highest BCUT2D eigenvalue weighted by atomic mass is 32.2. The summed E-state index contributed by atoms with van der Waals surface area (Å²) in [6.45, 7) is 7.58. The molecular formula is C15H25NO3S. The first kappa shape index (κ1) is 17.1. The van der Waals surface area contributed by atoms with Gasteiger partial charge in [-0.05, 0) is 43.9 Å². The molecule has 0 saturated heterocycles. The highest BCUT2D eigenvalue weighted by Gasteiger charge is 2.30.